The van der Waals surface area contributed by atoms with Gasteiger partial charge in [0.05, 0.1) is 21.5 Å². The first-order valence-corrected chi connectivity index (χ1v) is 4.74. The Morgan fingerprint density at radius 3 is 2.11 bits per heavy atom. The van der Waals surface area contributed by atoms with E-state index >= 15 is 0 Å². The molecular weight excluding hydrogens is 245 g/mol. The van der Waals surface area contributed by atoms with E-state index in [-0.39, 0.29) is 11.3 Å². The molecule has 96 valence electrons. The molecule has 8 heteroatoms. The van der Waals surface area contributed by atoms with Gasteiger partial charge in [0.15, 0.2) is 0 Å². The molecule has 0 aliphatic heterocycles. The molecule has 0 aromatic heterocycles. The van der Waals surface area contributed by atoms with Gasteiger partial charge in [-0.05, 0) is 6.07 Å². The molecular formula is C10H10FN3O4. The zero-order valence-corrected chi connectivity index (χ0v) is 9.71. The average molecular weight is 255 g/mol. The Kier molecular flexibility index (Phi) is 3.60. The van der Waals surface area contributed by atoms with Crippen molar-refractivity contribution in [3.8, 4) is 0 Å². The SMILES string of the molecule is C=C(c1cc(F)c([N+](=O)[O-])cc1[N+](=O)[O-])N(C)C. The Morgan fingerprint density at radius 1 is 1.22 bits per heavy atom. The van der Waals surface area contributed by atoms with Crippen molar-refractivity contribution in [2.45, 2.75) is 0 Å². The van der Waals surface area contributed by atoms with Crippen molar-refractivity contribution in [2.75, 3.05) is 14.1 Å². The molecule has 0 radical (unpaired) electrons. The van der Waals surface area contributed by atoms with Crippen molar-refractivity contribution >= 4 is 17.1 Å². The van der Waals surface area contributed by atoms with Gasteiger partial charge in [-0.2, -0.15) is 4.39 Å². The van der Waals surface area contributed by atoms with Gasteiger partial charge in [0.25, 0.3) is 5.69 Å². The maximum atomic E-state index is 13.4. The van der Waals surface area contributed by atoms with E-state index in [2.05, 4.69) is 6.58 Å². The zero-order valence-electron chi connectivity index (χ0n) is 9.71. The lowest BCUT2D eigenvalue weighted by atomic mass is 10.1. The number of halogens is 1. The van der Waals surface area contributed by atoms with E-state index < -0.39 is 27.0 Å². The third-order valence-corrected chi connectivity index (χ3v) is 2.31. The van der Waals surface area contributed by atoms with Crippen LogP contribution >= 0.6 is 0 Å². The fourth-order valence-corrected chi connectivity index (χ4v) is 1.31. The van der Waals surface area contributed by atoms with Gasteiger partial charge in [0.2, 0.25) is 5.82 Å². The van der Waals surface area contributed by atoms with E-state index in [9.17, 15) is 24.6 Å². The maximum absolute atomic E-state index is 13.4. The highest BCUT2D eigenvalue weighted by Gasteiger charge is 2.26. The molecule has 0 bridgehead atoms. The van der Waals surface area contributed by atoms with E-state index in [1.165, 1.54) is 4.90 Å². The lowest BCUT2D eigenvalue weighted by molar-refractivity contribution is -0.396. The molecule has 0 unspecified atom stereocenters. The Bertz CT molecular complexity index is 542. The Hall–Kier alpha value is -2.51. The van der Waals surface area contributed by atoms with Crippen molar-refractivity contribution in [2.24, 2.45) is 0 Å². The van der Waals surface area contributed by atoms with Gasteiger partial charge < -0.3 is 4.90 Å². The van der Waals surface area contributed by atoms with Crippen LogP contribution in [0, 0.1) is 26.0 Å². The molecule has 0 atom stereocenters. The monoisotopic (exact) mass is 255 g/mol. The quantitative estimate of drug-likeness (QED) is 0.607. The van der Waals surface area contributed by atoms with Crippen LogP contribution < -0.4 is 0 Å². The molecule has 0 fully saturated rings. The fraction of sp³-hybridized carbons (Fsp3) is 0.200. The van der Waals surface area contributed by atoms with E-state index in [0.717, 1.165) is 6.07 Å². The van der Waals surface area contributed by atoms with Crippen LogP contribution in [0.25, 0.3) is 5.70 Å². The first-order chi connectivity index (χ1) is 8.25. The van der Waals surface area contributed by atoms with Crippen molar-refractivity contribution < 1.29 is 14.2 Å². The molecule has 1 aromatic carbocycles. The Labute approximate surface area is 101 Å². The van der Waals surface area contributed by atoms with E-state index in [4.69, 9.17) is 0 Å². The summed E-state index contributed by atoms with van der Waals surface area (Å²) in [6.07, 6.45) is 0. The smallest absolute Gasteiger partial charge is 0.311 e. The maximum Gasteiger partial charge on any atom is 0.311 e. The van der Waals surface area contributed by atoms with Crippen molar-refractivity contribution in [3.05, 3.63) is 50.3 Å². The van der Waals surface area contributed by atoms with Crippen LogP contribution in [0.4, 0.5) is 15.8 Å². The fourth-order valence-electron chi connectivity index (χ4n) is 1.31. The second kappa shape index (κ2) is 4.78. The molecule has 0 aliphatic rings. The first kappa shape index (κ1) is 13.6. The summed E-state index contributed by atoms with van der Waals surface area (Å²) in [6.45, 7) is 3.57. The third-order valence-electron chi connectivity index (χ3n) is 2.31. The van der Waals surface area contributed by atoms with E-state index in [1.54, 1.807) is 14.1 Å². The topological polar surface area (TPSA) is 89.5 Å². The van der Waals surface area contributed by atoms with Gasteiger partial charge in [-0.15, -0.1) is 0 Å². The first-order valence-electron chi connectivity index (χ1n) is 4.74. The van der Waals surface area contributed by atoms with Crippen LogP contribution in [-0.4, -0.2) is 28.8 Å². The molecule has 0 amide bonds. The number of nitro benzene ring substituents is 2. The van der Waals surface area contributed by atoms with Gasteiger partial charge >= 0.3 is 5.69 Å². The molecule has 7 nitrogen and oxygen atoms in total. The highest BCUT2D eigenvalue weighted by Crippen LogP contribution is 2.32. The lowest BCUT2D eigenvalue weighted by Crippen LogP contribution is -2.11. The van der Waals surface area contributed by atoms with Crippen LogP contribution in [0.5, 0.6) is 0 Å². The second-order valence-corrected chi connectivity index (χ2v) is 3.68. The number of benzene rings is 1. The lowest BCUT2D eigenvalue weighted by Gasteiger charge is -2.15. The van der Waals surface area contributed by atoms with Gasteiger partial charge in [-0.1, -0.05) is 6.58 Å². The molecule has 0 saturated heterocycles. The predicted octanol–water partition coefficient (Wildman–Crippen LogP) is 2.17. The minimum Gasteiger partial charge on any atom is -0.377 e. The molecule has 1 aromatic rings. The molecule has 0 heterocycles. The Balaban J connectivity index is 3.53. The minimum absolute atomic E-state index is 0.0897. The predicted molar refractivity (Wildman–Crippen MR) is 62.4 cm³/mol. The molecule has 1 rings (SSSR count). The number of nitrogens with zero attached hydrogens (tertiary/aromatic N) is 3. The highest BCUT2D eigenvalue weighted by atomic mass is 19.1. The molecule has 18 heavy (non-hydrogen) atoms. The zero-order chi connectivity index (χ0) is 14.0. The van der Waals surface area contributed by atoms with Gasteiger partial charge in [-0.25, -0.2) is 0 Å². The molecule has 0 saturated carbocycles. The average Bonchev–Trinajstić information content (AvgIpc) is 2.26. The van der Waals surface area contributed by atoms with Gasteiger partial charge in [-0.3, -0.25) is 20.2 Å². The summed E-state index contributed by atoms with van der Waals surface area (Å²) in [5, 5.41) is 21.4. The van der Waals surface area contributed by atoms with Crippen LogP contribution in [0.15, 0.2) is 18.7 Å². The third kappa shape index (κ3) is 2.42. The van der Waals surface area contributed by atoms with Crippen molar-refractivity contribution in [1.29, 1.82) is 0 Å². The minimum atomic E-state index is -1.14. The van der Waals surface area contributed by atoms with Crippen LogP contribution in [0.3, 0.4) is 0 Å². The van der Waals surface area contributed by atoms with Crippen LogP contribution in [0.2, 0.25) is 0 Å². The van der Waals surface area contributed by atoms with Crippen molar-refractivity contribution in [3.63, 3.8) is 0 Å². The number of nitro groups is 2. The number of rotatable bonds is 4. The highest BCUT2D eigenvalue weighted by molar-refractivity contribution is 5.71. The largest absolute Gasteiger partial charge is 0.377 e. The van der Waals surface area contributed by atoms with Gasteiger partial charge in [0, 0.05) is 19.8 Å². The molecule has 0 N–H and O–H groups in total. The summed E-state index contributed by atoms with van der Waals surface area (Å²) < 4.78 is 13.4. The number of hydrogen-bond donors (Lipinski definition) is 0. The van der Waals surface area contributed by atoms with E-state index in [0.29, 0.717) is 6.07 Å². The van der Waals surface area contributed by atoms with Crippen molar-refractivity contribution in [1.82, 2.24) is 4.90 Å². The Morgan fingerprint density at radius 2 is 1.72 bits per heavy atom. The normalized spacial score (nSPS) is 9.94. The second-order valence-electron chi connectivity index (χ2n) is 3.68. The summed E-state index contributed by atoms with van der Waals surface area (Å²) in [7, 11) is 3.15. The summed E-state index contributed by atoms with van der Waals surface area (Å²) in [4.78, 5) is 21.0. The summed E-state index contributed by atoms with van der Waals surface area (Å²) in [5.41, 5.74) is -1.39. The van der Waals surface area contributed by atoms with Gasteiger partial charge in [0.1, 0.15) is 0 Å². The van der Waals surface area contributed by atoms with Crippen LogP contribution in [0.1, 0.15) is 5.56 Å². The molecule has 0 spiro atoms. The van der Waals surface area contributed by atoms with Crippen LogP contribution in [-0.2, 0) is 0 Å². The summed E-state index contributed by atoms with van der Waals surface area (Å²) in [5.74, 6) is -1.14. The van der Waals surface area contributed by atoms with E-state index in [1.807, 2.05) is 0 Å². The summed E-state index contributed by atoms with van der Waals surface area (Å²) >= 11 is 0. The standard InChI is InChI=1S/C10H10FN3O4/c1-6(12(2)3)7-4-8(11)10(14(17)18)5-9(7)13(15)16/h4-5H,1H2,2-3H3. The molecule has 0 aliphatic carbocycles. The number of hydrogen-bond acceptors (Lipinski definition) is 5. The summed E-state index contributed by atoms with van der Waals surface area (Å²) in [6, 6.07) is 1.35.